The van der Waals surface area contributed by atoms with Gasteiger partial charge in [0.05, 0.1) is 16.7 Å². The van der Waals surface area contributed by atoms with E-state index in [-0.39, 0.29) is 6.07 Å². The van der Waals surface area contributed by atoms with Gasteiger partial charge < -0.3 is 5.73 Å². The maximum Gasteiger partial charge on any atom is 0.418 e. The molecule has 0 bridgehead atoms. The molecule has 0 aliphatic carbocycles. The quantitative estimate of drug-likeness (QED) is 0.406. The van der Waals surface area contributed by atoms with Gasteiger partial charge in [-0.2, -0.15) is 39.5 Å². The van der Waals surface area contributed by atoms with Gasteiger partial charge >= 0.3 is 18.5 Å². The number of thiol groups is 1. The summed E-state index contributed by atoms with van der Waals surface area (Å²) < 4.78 is 113. The van der Waals surface area contributed by atoms with Crippen molar-refractivity contribution >= 4 is 18.3 Å². The molecule has 1 nitrogen and oxygen atoms in total. The fourth-order valence-electron chi connectivity index (χ4n) is 1.49. The van der Waals surface area contributed by atoms with E-state index in [2.05, 4.69) is 12.6 Å². The van der Waals surface area contributed by atoms with Crippen LogP contribution in [0.3, 0.4) is 0 Å². The molecule has 114 valence electrons. The fraction of sp³-hybridized carbons (Fsp3) is 0.333. The predicted octanol–water partition coefficient (Wildman–Crippen LogP) is 4.61. The minimum absolute atomic E-state index is 0.222. The number of hydrogen-bond acceptors (Lipinski definition) is 2. The molecule has 0 amide bonds. The van der Waals surface area contributed by atoms with E-state index in [1.54, 1.807) is 0 Å². The van der Waals surface area contributed by atoms with E-state index in [1.807, 2.05) is 0 Å². The molecule has 1 aromatic carbocycles. The Balaban J connectivity index is 3.96. The van der Waals surface area contributed by atoms with Crippen molar-refractivity contribution in [2.24, 2.45) is 0 Å². The molecular formula is C9H4F9NS. The molecule has 0 saturated heterocycles. The van der Waals surface area contributed by atoms with E-state index in [4.69, 9.17) is 5.73 Å². The molecule has 1 aromatic rings. The SMILES string of the molecule is Nc1cc(C(F)(F)F)c(C(F)(F)F)c(C(F)(F)F)c1S. The summed E-state index contributed by atoms with van der Waals surface area (Å²) in [7, 11) is 0. The molecule has 1 rings (SSSR count). The molecule has 0 saturated carbocycles. The Labute approximate surface area is 111 Å². The summed E-state index contributed by atoms with van der Waals surface area (Å²) >= 11 is 3.14. The summed E-state index contributed by atoms with van der Waals surface area (Å²) in [6.07, 6.45) is -17.2. The van der Waals surface area contributed by atoms with Gasteiger partial charge in [0, 0.05) is 10.6 Å². The molecule has 11 heteroatoms. The summed E-state index contributed by atoms with van der Waals surface area (Å²) in [6, 6.07) is -0.222. The second kappa shape index (κ2) is 4.64. The summed E-state index contributed by atoms with van der Waals surface area (Å²) in [5.74, 6) is 0. The Morgan fingerprint density at radius 2 is 1.15 bits per heavy atom. The number of nitrogen functional groups attached to an aromatic ring is 1. The van der Waals surface area contributed by atoms with Crippen LogP contribution >= 0.6 is 12.6 Å². The minimum atomic E-state index is -5.87. The number of hydrogen-bond donors (Lipinski definition) is 2. The standard InChI is InChI=1S/C9H4F9NS/c10-7(11,12)2-1-3(19)6(20)5(9(16,17)18)4(2)8(13,14)15/h1,20H,19H2. The number of alkyl halides is 9. The molecule has 20 heavy (non-hydrogen) atoms. The molecule has 2 N–H and O–H groups in total. The molecule has 0 spiro atoms. The van der Waals surface area contributed by atoms with Crippen LogP contribution in [0.2, 0.25) is 0 Å². The van der Waals surface area contributed by atoms with Crippen molar-refractivity contribution in [3.8, 4) is 0 Å². The van der Waals surface area contributed by atoms with Gasteiger partial charge in [-0.05, 0) is 6.07 Å². The lowest BCUT2D eigenvalue weighted by atomic mass is 9.98. The van der Waals surface area contributed by atoms with E-state index < -0.39 is 45.8 Å². The van der Waals surface area contributed by atoms with Crippen LogP contribution in [0.4, 0.5) is 45.2 Å². The van der Waals surface area contributed by atoms with Gasteiger partial charge in [-0.1, -0.05) is 0 Å². The lowest BCUT2D eigenvalue weighted by molar-refractivity contribution is -0.175. The van der Waals surface area contributed by atoms with Crippen LogP contribution in [0.15, 0.2) is 11.0 Å². The largest absolute Gasteiger partial charge is 0.418 e. The first-order chi connectivity index (χ1) is 8.67. The van der Waals surface area contributed by atoms with E-state index in [0.717, 1.165) is 0 Å². The topological polar surface area (TPSA) is 26.0 Å². The van der Waals surface area contributed by atoms with Crippen molar-refractivity contribution in [1.82, 2.24) is 0 Å². The van der Waals surface area contributed by atoms with Gasteiger partial charge in [-0.15, -0.1) is 12.6 Å². The number of benzene rings is 1. The zero-order valence-corrected chi connectivity index (χ0v) is 9.90. The average molecular weight is 329 g/mol. The molecule has 0 heterocycles. The molecule has 0 radical (unpaired) electrons. The normalized spacial score (nSPS) is 13.7. The second-order valence-electron chi connectivity index (χ2n) is 3.61. The Hall–Kier alpha value is -1.26. The van der Waals surface area contributed by atoms with Gasteiger partial charge in [0.2, 0.25) is 0 Å². The van der Waals surface area contributed by atoms with Crippen LogP contribution < -0.4 is 5.73 Å². The summed E-state index contributed by atoms with van der Waals surface area (Å²) in [6.45, 7) is 0. The third-order valence-corrected chi connectivity index (χ3v) is 2.68. The van der Waals surface area contributed by atoms with Gasteiger partial charge in [0.1, 0.15) is 0 Å². The molecule has 0 aliphatic heterocycles. The summed E-state index contributed by atoms with van der Waals surface area (Å²) in [5.41, 5.74) is -4.18. The smallest absolute Gasteiger partial charge is 0.398 e. The maximum atomic E-state index is 12.6. The Morgan fingerprint density at radius 3 is 1.45 bits per heavy atom. The van der Waals surface area contributed by atoms with Gasteiger partial charge in [0.25, 0.3) is 0 Å². The molecule has 0 unspecified atom stereocenters. The van der Waals surface area contributed by atoms with Crippen LogP contribution in [0.25, 0.3) is 0 Å². The zero-order chi connectivity index (χ0) is 16.1. The predicted molar refractivity (Wildman–Crippen MR) is 53.1 cm³/mol. The second-order valence-corrected chi connectivity index (χ2v) is 4.05. The van der Waals surface area contributed by atoms with Crippen molar-refractivity contribution < 1.29 is 39.5 Å². The molecule has 0 aromatic heterocycles. The highest BCUT2D eigenvalue weighted by Gasteiger charge is 2.51. The van der Waals surface area contributed by atoms with Crippen LogP contribution in [-0.2, 0) is 18.5 Å². The zero-order valence-electron chi connectivity index (χ0n) is 9.00. The monoisotopic (exact) mass is 329 g/mol. The van der Waals surface area contributed by atoms with Crippen molar-refractivity contribution in [1.29, 1.82) is 0 Å². The molecule has 0 fully saturated rings. The third kappa shape index (κ3) is 3.07. The first-order valence-corrected chi connectivity index (χ1v) is 4.99. The Kier molecular flexibility index (Phi) is 3.89. The van der Waals surface area contributed by atoms with E-state index >= 15 is 0 Å². The molecule has 0 atom stereocenters. The number of anilines is 1. The highest BCUT2D eigenvalue weighted by molar-refractivity contribution is 7.80. The van der Waals surface area contributed by atoms with Crippen molar-refractivity contribution in [2.75, 3.05) is 5.73 Å². The Bertz CT molecular complexity index is 526. The summed E-state index contributed by atoms with van der Waals surface area (Å²) in [4.78, 5) is -1.40. The van der Waals surface area contributed by atoms with E-state index in [1.165, 1.54) is 0 Å². The van der Waals surface area contributed by atoms with E-state index in [9.17, 15) is 39.5 Å². The fourth-order valence-corrected chi connectivity index (χ4v) is 1.79. The first kappa shape index (κ1) is 16.8. The molecule has 0 aliphatic rings. The van der Waals surface area contributed by atoms with Crippen molar-refractivity contribution in [2.45, 2.75) is 23.4 Å². The highest BCUT2D eigenvalue weighted by Crippen LogP contribution is 2.50. The number of halogens is 9. The van der Waals surface area contributed by atoms with Crippen LogP contribution in [0.1, 0.15) is 16.7 Å². The first-order valence-electron chi connectivity index (χ1n) is 4.54. The third-order valence-electron chi connectivity index (χ3n) is 2.20. The maximum absolute atomic E-state index is 12.6. The minimum Gasteiger partial charge on any atom is -0.398 e. The Morgan fingerprint density at radius 1 is 0.750 bits per heavy atom. The average Bonchev–Trinajstić information content (AvgIpc) is 2.15. The van der Waals surface area contributed by atoms with Crippen molar-refractivity contribution in [3.05, 3.63) is 22.8 Å². The van der Waals surface area contributed by atoms with Gasteiger partial charge in [0.15, 0.2) is 0 Å². The highest BCUT2D eigenvalue weighted by atomic mass is 32.1. The van der Waals surface area contributed by atoms with Crippen LogP contribution in [-0.4, -0.2) is 0 Å². The molecular weight excluding hydrogens is 325 g/mol. The van der Waals surface area contributed by atoms with E-state index in [0.29, 0.717) is 0 Å². The van der Waals surface area contributed by atoms with Crippen LogP contribution in [0, 0.1) is 0 Å². The lowest BCUT2D eigenvalue weighted by Crippen LogP contribution is -2.24. The number of nitrogens with two attached hydrogens (primary N) is 1. The van der Waals surface area contributed by atoms with Crippen molar-refractivity contribution in [3.63, 3.8) is 0 Å². The van der Waals surface area contributed by atoms with Crippen LogP contribution in [0.5, 0.6) is 0 Å². The van der Waals surface area contributed by atoms with Gasteiger partial charge in [-0.25, -0.2) is 0 Å². The number of rotatable bonds is 0. The lowest BCUT2D eigenvalue weighted by Gasteiger charge is -2.23. The van der Waals surface area contributed by atoms with Gasteiger partial charge in [-0.3, -0.25) is 0 Å². The summed E-state index contributed by atoms with van der Waals surface area (Å²) in [5, 5.41) is 0.